The molecule has 0 fully saturated rings. The third-order valence-corrected chi connectivity index (χ3v) is 7.22. The SMILES string of the molecule is O=C(COc1ccc2ccc(=O)oc2c1)Nc1sc2c(c1-c1nc3ccccc3[nH]1)CCCC2. The smallest absolute Gasteiger partial charge is 0.336 e. The second kappa shape index (κ2) is 8.46. The van der Waals surface area contributed by atoms with Crippen LogP contribution >= 0.6 is 11.3 Å². The Balaban J connectivity index is 1.26. The molecule has 6 rings (SSSR count). The molecule has 2 N–H and O–H groups in total. The van der Waals surface area contributed by atoms with Crippen molar-refractivity contribution in [3.8, 4) is 17.1 Å². The number of benzene rings is 2. The van der Waals surface area contributed by atoms with Crippen LogP contribution in [0.5, 0.6) is 5.75 Å². The highest BCUT2D eigenvalue weighted by molar-refractivity contribution is 7.17. The second-order valence-electron chi connectivity index (χ2n) is 8.31. The van der Waals surface area contributed by atoms with E-state index in [1.54, 1.807) is 35.6 Å². The van der Waals surface area contributed by atoms with Crippen molar-refractivity contribution in [2.24, 2.45) is 0 Å². The van der Waals surface area contributed by atoms with Gasteiger partial charge in [0.15, 0.2) is 6.61 Å². The van der Waals surface area contributed by atoms with Gasteiger partial charge in [0.05, 0.1) is 16.6 Å². The number of fused-ring (bicyclic) bond motifs is 3. The van der Waals surface area contributed by atoms with Crippen molar-refractivity contribution in [1.29, 1.82) is 0 Å². The van der Waals surface area contributed by atoms with E-state index in [-0.39, 0.29) is 12.5 Å². The van der Waals surface area contributed by atoms with Crippen LogP contribution in [-0.2, 0) is 17.6 Å². The Morgan fingerprint density at radius 3 is 2.88 bits per heavy atom. The second-order valence-corrected chi connectivity index (χ2v) is 9.41. The first-order valence-corrected chi connectivity index (χ1v) is 12.0. The average Bonchev–Trinajstić information content (AvgIpc) is 3.43. The monoisotopic (exact) mass is 471 g/mol. The van der Waals surface area contributed by atoms with Gasteiger partial charge in [0.25, 0.3) is 5.91 Å². The van der Waals surface area contributed by atoms with E-state index < -0.39 is 5.63 Å². The molecule has 0 bridgehead atoms. The third-order valence-electron chi connectivity index (χ3n) is 6.01. The molecule has 0 aliphatic heterocycles. The Bertz CT molecular complexity index is 1560. The number of para-hydroxylation sites is 2. The van der Waals surface area contributed by atoms with Crippen molar-refractivity contribution in [1.82, 2.24) is 9.97 Å². The van der Waals surface area contributed by atoms with E-state index in [0.29, 0.717) is 11.3 Å². The number of hydrogen-bond donors (Lipinski definition) is 2. The highest BCUT2D eigenvalue weighted by Gasteiger charge is 2.25. The van der Waals surface area contributed by atoms with Crippen LogP contribution in [0.3, 0.4) is 0 Å². The minimum absolute atomic E-state index is 0.162. The number of nitrogens with one attached hydrogen (secondary N) is 2. The molecule has 34 heavy (non-hydrogen) atoms. The number of H-pyrrole nitrogens is 1. The lowest BCUT2D eigenvalue weighted by Crippen LogP contribution is -2.20. The predicted octanol–water partition coefficient (Wildman–Crippen LogP) is 5.29. The lowest BCUT2D eigenvalue weighted by Gasteiger charge is -2.12. The minimum atomic E-state index is -0.429. The summed E-state index contributed by atoms with van der Waals surface area (Å²) < 4.78 is 10.9. The molecular formula is C26H21N3O4S. The van der Waals surface area contributed by atoms with Crippen LogP contribution < -0.4 is 15.7 Å². The Hall–Kier alpha value is -3.91. The van der Waals surface area contributed by atoms with Crippen molar-refractivity contribution >= 4 is 44.2 Å². The van der Waals surface area contributed by atoms with Gasteiger partial charge in [-0.15, -0.1) is 11.3 Å². The Morgan fingerprint density at radius 1 is 1.12 bits per heavy atom. The number of ether oxygens (including phenoxy) is 1. The molecule has 5 aromatic rings. The molecule has 0 spiro atoms. The summed E-state index contributed by atoms with van der Waals surface area (Å²) in [5, 5.41) is 4.63. The highest BCUT2D eigenvalue weighted by atomic mass is 32.1. The lowest BCUT2D eigenvalue weighted by atomic mass is 9.95. The third kappa shape index (κ3) is 3.86. The number of hydrogen-bond acceptors (Lipinski definition) is 6. The molecule has 3 heterocycles. The summed E-state index contributed by atoms with van der Waals surface area (Å²) in [7, 11) is 0. The van der Waals surface area contributed by atoms with Gasteiger partial charge >= 0.3 is 5.63 Å². The molecule has 2 aromatic carbocycles. The van der Waals surface area contributed by atoms with Crippen LogP contribution in [0.4, 0.5) is 5.00 Å². The van der Waals surface area contributed by atoms with Crippen molar-refractivity contribution in [3.05, 3.63) is 75.5 Å². The Labute approximate surface area is 198 Å². The van der Waals surface area contributed by atoms with E-state index in [9.17, 15) is 9.59 Å². The number of aryl methyl sites for hydroxylation is 1. The summed E-state index contributed by atoms with van der Waals surface area (Å²) in [6.07, 6.45) is 4.28. The molecule has 0 saturated heterocycles. The molecule has 0 atom stereocenters. The van der Waals surface area contributed by atoms with Crippen LogP contribution in [0.1, 0.15) is 23.3 Å². The van der Waals surface area contributed by atoms with Gasteiger partial charge in [0.1, 0.15) is 22.2 Å². The van der Waals surface area contributed by atoms with E-state index in [4.69, 9.17) is 14.1 Å². The molecule has 0 radical (unpaired) electrons. The summed E-state index contributed by atoms with van der Waals surface area (Å²) >= 11 is 1.62. The maximum absolute atomic E-state index is 12.8. The zero-order valence-electron chi connectivity index (χ0n) is 18.2. The number of rotatable bonds is 5. The van der Waals surface area contributed by atoms with Crippen molar-refractivity contribution in [3.63, 3.8) is 0 Å². The molecule has 7 nitrogen and oxygen atoms in total. The van der Waals surface area contributed by atoms with E-state index in [2.05, 4.69) is 10.3 Å². The largest absolute Gasteiger partial charge is 0.484 e. The molecule has 1 aliphatic rings. The highest BCUT2D eigenvalue weighted by Crippen LogP contribution is 2.43. The Morgan fingerprint density at radius 2 is 1.97 bits per heavy atom. The number of nitrogens with zero attached hydrogens (tertiary/aromatic N) is 1. The summed E-state index contributed by atoms with van der Waals surface area (Å²) in [4.78, 5) is 33.8. The molecule has 1 aliphatic carbocycles. The van der Waals surface area contributed by atoms with Crippen molar-refractivity contribution in [2.45, 2.75) is 25.7 Å². The Kier molecular flexibility index (Phi) is 5.15. The van der Waals surface area contributed by atoms with E-state index in [1.807, 2.05) is 24.3 Å². The van der Waals surface area contributed by atoms with Gasteiger partial charge in [-0.3, -0.25) is 4.79 Å². The summed E-state index contributed by atoms with van der Waals surface area (Å²) in [5.74, 6) is 0.979. The zero-order chi connectivity index (χ0) is 23.1. The maximum atomic E-state index is 12.8. The molecule has 8 heteroatoms. The predicted molar refractivity (Wildman–Crippen MR) is 133 cm³/mol. The number of amides is 1. The van der Waals surface area contributed by atoms with Gasteiger partial charge in [-0.05, 0) is 61.6 Å². The number of thiophene rings is 1. The summed E-state index contributed by atoms with van der Waals surface area (Å²) in [6, 6.07) is 16.1. The molecule has 170 valence electrons. The van der Waals surface area contributed by atoms with Crippen molar-refractivity contribution < 1.29 is 13.9 Å². The van der Waals surface area contributed by atoms with Gasteiger partial charge < -0.3 is 19.5 Å². The molecular weight excluding hydrogens is 450 g/mol. The number of carbonyl (C=O) groups is 1. The van der Waals surface area contributed by atoms with Crippen LogP contribution in [0.2, 0.25) is 0 Å². The van der Waals surface area contributed by atoms with Gasteiger partial charge in [-0.25, -0.2) is 9.78 Å². The molecule has 0 unspecified atom stereocenters. The van der Waals surface area contributed by atoms with E-state index in [1.165, 1.54) is 16.5 Å². The van der Waals surface area contributed by atoms with Crippen molar-refractivity contribution in [2.75, 3.05) is 11.9 Å². The topological polar surface area (TPSA) is 97.2 Å². The number of anilines is 1. The normalized spacial score (nSPS) is 13.2. The quantitative estimate of drug-likeness (QED) is 0.339. The fraction of sp³-hybridized carbons (Fsp3) is 0.192. The van der Waals surface area contributed by atoms with Crippen LogP contribution in [0, 0.1) is 0 Å². The summed E-state index contributed by atoms with van der Waals surface area (Å²) in [5.41, 5.74) is 4.12. The van der Waals surface area contributed by atoms with Gasteiger partial charge in [-0.2, -0.15) is 0 Å². The maximum Gasteiger partial charge on any atom is 0.336 e. The fourth-order valence-electron chi connectivity index (χ4n) is 4.42. The number of aromatic nitrogens is 2. The first kappa shape index (κ1) is 20.7. The van der Waals surface area contributed by atoms with Gasteiger partial charge in [0, 0.05) is 22.4 Å². The van der Waals surface area contributed by atoms with E-state index in [0.717, 1.165) is 58.5 Å². The standard InChI is InChI=1S/C26H21N3O4S/c30-22(14-32-16-11-9-15-10-12-23(31)33-20(15)13-16)29-26-24(17-5-1-4-8-21(17)34-26)25-27-18-6-2-3-7-19(18)28-25/h2-3,6-7,9-13H,1,4-5,8,14H2,(H,27,28)(H,29,30). The molecule has 1 amide bonds. The fourth-order valence-corrected chi connectivity index (χ4v) is 5.72. The number of aromatic amines is 1. The zero-order valence-corrected chi connectivity index (χ0v) is 19.0. The number of carbonyl (C=O) groups excluding carboxylic acids is 1. The van der Waals surface area contributed by atoms with Gasteiger partial charge in [0.2, 0.25) is 0 Å². The number of imidazole rings is 1. The lowest BCUT2D eigenvalue weighted by molar-refractivity contribution is -0.118. The molecule has 0 saturated carbocycles. The van der Waals surface area contributed by atoms with Crippen LogP contribution in [0.25, 0.3) is 33.4 Å². The minimum Gasteiger partial charge on any atom is -0.484 e. The van der Waals surface area contributed by atoms with Crippen LogP contribution in [-0.4, -0.2) is 22.5 Å². The van der Waals surface area contributed by atoms with Gasteiger partial charge in [-0.1, -0.05) is 12.1 Å². The average molecular weight is 472 g/mol. The van der Waals surface area contributed by atoms with Crippen LogP contribution in [0.15, 0.2) is 63.8 Å². The first-order chi connectivity index (χ1) is 16.6. The van der Waals surface area contributed by atoms with E-state index >= 15 is 0 Å². The summed E-state index contributed by atoms with van der Waals surface area (Å²) in [6.45, 7) is -0.162. The first-order valence-electron chi connectivity index (χ1n) is 11.2. The molecule has 3 aromatic heterocycles.